The number of benzene rings is 2. The van der Waals surface area contributed by atoms with E-state index in [-0.39, 0.29) is 16.1 Å². The normalized spacial score (nSPS) is 12.3. The molecule has 0 aromatic heterocycles. The Hall–Kier alpha value is -2.78. The van der Waals surface area contributed by atoms with Gasteiger partial charge in [0.15, 0.2) is 0 Å². The Balaban J connectivity index is 2.13. The van der Waals surface area contributed by atoms with Crippen molar-refractivity contribution in [2.24, 2.45) is 0 Å². The Morgan fingerprint density at radius 3 is 2.31 bits per heavy atom. The third-order valence-corrected chi connectivity index (χ3v) is 5.00. The molecule has 0 unspecified atom stereocenters. The molecule has 0 aliphatic heterocycles. The molecule has 9 heteroatoms. The predicted octanol–water partition coefficient (Wildman–Crippen LogP) is 1.92. The number of hydrogen-bond acceptors (Lipinski definition) is 5. The number of amides is 1. The zero-order chi connectivity index (χ0) is 19.3. The van der Waals surface area contributed by atoms with Crippen molar-refractivity contribution < 1.29 is 27.1 Å². The lowest BCUT2D eigenvalue weighted by atomic mass is 10.1. The summed E-state index contributed by atoms with van der Waals surface area (Å²) < 4.78 is 44.2. The Morgan fingerprint density at radius 2 is 1.69 bits per heavy atom. The molecule has 0 radical (unpaired) electrons. The lowest BCUT2D eigenvalue weighted by Crippen LogP contribution is -2.41. The van der Waals surface area contributed by atoms with E-state index in [1.807, 2.05) is 0 Å². The van der Waals surface area contributed by atoms with Crippen molar-refractivity contribution in [1.29, 1.82) is 0 Å². The minimum Gasteiger partial charge on any atom is -0.465 e. The van der Waals surface area contributed by atoms with Crippen LogP contribution in [-0.2, 0) is 19.6 Å². The van der Waals surface area contributed by atoms with Crippen LogP contribution >= 0.6 is 0 Å². The fraction of sp³-hybridized carbons (Fsp3) is 0.176. The maximum absolute atomic E-state index is 12.9. The fourth-order valence-corrected chi connectivity index (χ4v) is 3.29. The fourth-order valence-electron chi connectivity index (χ4n) is 2.09. The second-order valence-electron chi connectivity index (χ2n) is 5.32. The Labute approximate surface area is 150 Å². The zero-order valence-electron chi connectivity index (χ0n) is 14.0. The number of nitrogens with one attached hydrogen (secondary N) is 2. The van der Waals surface area contributed by atoms with E-state index in [0.29, 0.717) is 0 Å². The quantitative estimate of drug-likeness (QED) is 0.746. The van der Waals surface area contributed by atoms with Crippen molar-refractivity contribution in [2.75, 3.05) is 12.4 Å². The predicted molar refractivity (Wildman–Crippen MR) is 92.6 cm³/mol. The van der Waals surface area contributed by atoms with Crippen molar-refractivity contribution in [2.45, 2.75) is 17.9 Å². The second-order valence-corrected chi connectivity index (χ2v) is 7.04. The summed E-state index contributed by atoms with van der Waals surface area (Å²) >= 11 is 0. The van der Waals surface area contributed by atoms with Crippen LogP contribution in [0.3, 0.4) is 0 Å². The van der Waals surface area contributed by atoms with Gasteiger partial charge in [0, 0.05) is 0 Å². The molecule has 26 heavy (non-hydrogen) atoms. The summed E-state index contributed by atoms with van der Waals surface area (Å²) in [6.07, 6.45) is 0. The van der Waals surface area contributed by atoms with Crippen molar-refractivity contribution in [3.8, 4) is 0 Å². The van der Waals surface area contributed by atoms with Gasteiger partial charge in [0.25, 0.3) is 0 Å². The van der Waals surface area contributed by atoms with Gasteiger partial charge in [-0.1, -0.05) is 12.1 Å². The highest BCUT2D eigenvalue weighted by Crippen LogP contribution is 2.17. The number of esters is 1. The van der Waals surface area contributed by atoms with Gasteiger partial charge < -0.3 is 10.1 Å². The summed E-state index contributed by atoms with van der Waals surface area (Å²) in [6, 6.07) is 9.22. The molecule has 2 aromatic rings. The smallest absolute Gasteiger partial charge is 0.339 e. The number of carbonyl (C=O) groups is 2. The highest BCUT2D eigenvalue weighted by molar-refractivity contribution is 7.89. The third-order valence-electron chi connectivity index (χ3n) is 3.44. The van der Waals surface area contributed by atoms with E-state index in [2.05, 4.69) is 14.8 Å². The van der Waals surface area contributed by atoms with Gasteiger partial charge in [0.1, 0.15) is 5.82 Å². The summed E-state index contributed by atoms with van der Waals surface area (Å²) in [4.78, 5) is 23.8. The molecular formula is C17H17FN2O5S. The Kier molecular flexibility index (Phi) is 6.06. The minimum absolute atomic E-state index is 0.136. The molecule has 1 atom stereocenters. The van der Waals surface area contributed by atoms with E-state index in [4.69, 9.17) is 0 Å². The number of anilines is 1. The van der Waals surface area contributed by atoms with Gasteiger partial charge in [-0.2, -0.15) is 4.72 Å². The van der Waals surface area contributed by atoms with Crippen LogP contribution in [0.5, 0.6) is 0 Å². The summed E-state index contributed by atoms with van der Waals surface area (Å²) in [5.41, 5.74) is 0.328. The van der Waals surface area contributed by atoms with Crippen molar-refractivity contribution in [1.82, 2.24) is 4.72 Å². The molecule has 0 aliphatic rings. The molecule has 0 spiro atoms. The zero-order valence-corrected chi connectivity index (χ0v) is 14.8. The van der Waals surface area contributed by atoms with Crippen molar-refractivity contribution in [3.05, 3.63) is 59.9 Å². The van der Waals surface area contributed by atoms with E-state index < -0.39 is 33.8 Å². The molecule has 0 fully saturated rings. The molecule has 0 bridgehead atoms. The van der Waals surface area contributed by atoms with Crippen LogP contribution in [0.25, 0.3) is 0 Å². The molecule has 2 aromatic carbocycles. The van der Waals surface area contributed by atoms with E-state index in [1.165, 1.54) is 26.2 Å². The molecule has 7 nitrogen and oxygen atoms in total. The average molecular weight is 380 g/mol. The Morgan fingerprint density at radius 1 is 1.08 bits per heavy atom. The molecular weight excluding hydrogens is 363 g/mol. The first-order valence-corrected chi connectivity index (χ1v) is 8.99. The monoisotopic (exact) mass is 380 g/mol. The molecule has 0 heterocycles. The van der Waals surface area contributed by atoms with E-state index in [0.717, 1.165) is 24.3 Å². The largest absolute Gasteiger partial charge is 0.465 e. The van der Waals surface area contributed by atoms with Crippen LogP contribution in [0.2, 0.25) is 0 Å². The first kappa shape index (κ1) is 19.5. The number of carbonyl (C=O) groups excluding carboxylic acids is 2. The summed E-state index contributed by atoms with van der Waals surface area (Å²) in [5, 5.41) is 2.48. The van der Waals surface area contributed by atoms with E-state index in [1.54, 1.807) is 12.1 Å². The molecule has 0 aliphatic carbocycles. The SMILES string of the molecule is COC(=O)c1ccccc1NC(=O)[C@@H](C)NS(=O)(=O)c1ccc(F)cc1. The first-order valence-electron chi connectivity index (χ1n) is 7.50. The standard InChI is InChI=1S/C17H17FN2O5S/c1-11(20-26(23,24)13-9-7-12(18)8-10-13)16(21)19-15-6-4-3-5-14(15)17(22)25-2/h3-11,20H,1-2H3,(H,19,21)/t11-/m1/s1. The van der Waals surface area contributed by atoms with Gasteiger partial charge in [-0.3, -0.25) is 4.79 Å². The third kappa shape index (κ3) is 4.64. The summed E-state index contributed by atoms with van der Waals surface area (Å²) in [7, 11) is -2.81. The maximum atomic E-state index is 12.9. The van der Waals surface area contributed by atoms with Crippen molar-refractivity contribution >= 4 is 27.6 Å². The Bertz CT molecular complexity index is 913. The van der Waals surface area contributed by atoms with Crippen LogP contribution in [0, 0.1) is 5.82 Å². The molecule has 0 saturated carbocycles. The number of halogens is 1. The average Bonchev–Trinajstić information content (AvgIpc) is 2.61. The van der Waals surface area contributed by atoms with Crippen LogP contribution < -0.4 is 10.0 Å². The maximum Gasteiger partial charge on any atom is 0.339 e. The van der Waals surface area contributed by atoms with Gasteiger partial charge in [-0.05, 0) is 43.3 Å². The number of methoxy groups -OCH3 is 1. The number of ether oxygens (including phenoxy) is 1. The second kappa shape index (κ2) is 8.07. The molecule has 1 amide bonds. The van der Waals surface area contributed by atoms with Crippen LogP contribution in [0.15, 0.2) is 53.4 Å². The molecule has 138 valence electrons. The van der Waals surface area contributed by atoms with Gasteiger partial charge in [0.2, 0.25) is 15.9 Å². The van der Waals surface area contributed by atoms with Crippen LogP contribution in [-0.4, -0.2) is 33.4 Å². The van der Waals surface area contributed by atoms with E-state index >= 15 is 0 Å². The lowest BCUT2D eigenvalue weighted by molar-refractivity contribution is -0.117. The number of rotatable bonds is 6. The van der Waals surface area contributed by atoms with Gasteiger partial charge in [0.05, 0.1) is 29.3 Å². The van der Waals surface area contributed by atoms with Crippen molar-refractivity contribution in [3.63, 3.8) is 0 Å². The van der Waals surface area contributed by atoms with E-state index in [9.17, 15) is 22.4 Å². The summed E-state index contributed by atoms with van der Waals surface area (Å²) in [6.45, 7) is 1.34. The topological polar surface area (TPSA) is 102 Å². The number of hydrogen-bond donors (Lipinski definition) is 2. The highest BCUT2D eigenvalue weighted by atomic mass is 32.2. The molecule has 2 N–H and O–H groups in total. The molecule has 0 saturated heterocycles. The van der Waals surface area contributed by atoms with Gasteiger partial charge >= 0.3 is 5.97 Å². The van der Waals surface area contributed by atoms with Crippen LogP contribution in [0.1, 0.15) is 17.3 Å². The highest BCUT2D eigenvalue weighted by Gasteiger charge is 2.23. The summed E-state index contributed by atoms with van der Waals surface area (Å²) in [5.74, 6) is -1.89. The van der Waals surface area contributed by atoms with Gasteiger partial charge in [-0.15, -0.1) is 0 Å². The van der Waals surface area contributed by atoms with Crippen LogP contribution in [0.4, 0.5) is 10.1 Å². The minimum atomic E-state index is -4.01. The first-order chi connectivity index (χ1) is 12.2. The van der Waals surface area contributed by atoms with Gasteiger partial charge in [-0.25, -0.2) is 17.6 Å². The number of sulfonamides is 1. The molecule has 2 rings (SSSR count). The number of para-hydroxylation sites is 1. The lowest BCUT2D eigenvalue weighted by Gasteiger charge is -2.16.